The van der Waals surface area contributed by atoms with Crippen LogP contribution in [-0.4, -0.2) is 37.5 Å². The van der Waals surface area contributed by atoms with Crippen molar-refractivity contribution in [2.45, 2.75) is 33.0 Å². The van der Waals surface area contributed by atoms with Gasteiger partial charge in [-0.25, -0.2) is 0 Å². The van der Waals surface area contributed by atoms with Gasteiger partial charge in [0.15, 0.2) is 0 Å². The number of anilines is 1. The smallest absolute Gasteiger partial charge is 0.0948 e. The standard InChI is InChI=1S/C14H23NO2/c1-11(2)17-10-14(16)9-15(4)13-7-5-12(3)6-8-13/h5-8,11,14,16H,9-10H2,1-4H3. The maximum absolute atomic E-state index is 9.82. The number of benzene rings is 1. The summed E-state index contributed by atoms with van der Waals surface area (Å²) in [6.07, 6.45) is -0.293. The lowest BCUT2D eigenvalue weighted by Gasteiger charge is -2.23. The second kappa shape index (κ2) is 6.62. The molecule has 1 unspecified atom stereocenters. The molecule has 1 atom stereocenters. The van der Waals surface area contributed by atoms with E-state index < -0.39 is 6.10 Å². The molecule has 0 bridgehead atoms. The van der Waals surface area contributed by atoms with E-state index in [4.69, 9.17) is 4.74 Å². The van der Waals surface area contributed by atoms with E-state index in [0.29, 0.717) is 13.2 Å². The molecule has 1 aromatic rings. The van der Waals surface area contributed by atoms with Crippen LogP contribution < -0.4 is 4.90 Å². The first-order valence-electron chi connectivity index (χ1n) is 6.06. The maximum atomic E-state index is 9.82. The van der Waals surface area contributed by atoms with E-state index in [1.807, 2.05) is 25.8 Å². The quantitative estimate of drug-likeness (QED) is 0.823. The lowest BCUT2D eigenvalue weighted by Crippen LogP contribution is -2.32. The van der Waals surface area contributed by atoms with Crippen LogP contribution in [0, 0.1) is 6.92 Å². The minimum Gasteiger partial charge on any atom is -0.389 e. The molecule has 0 spiro atoms. The molecule has 0 aliphatic heterocycles. The number of likely N-dealkylation sites (N-methyl/N-ethyl adjacent to an activating group) is 1. The SMILES string of the molecule is Cc1ccc(N(C)CC(O)COC(C)C)cc1. The second-order valence-electron chi connectivity index (χ2n) is 4.75. The van der Waals surface area contributed by atoms with E-state index in [1.54, 1.807) is 0 Å². The Balaban J connectivity index is 2.42. The summed E-state index contributed by atoms with van der Waals surface area (Å²) in [6.45, 7) is 6.96. The summed E-state index contributed by atoms with van der Waals surface area (Å²) in [5.41, 5.74) is 2.35. The van der Waals surface area contributed by atoms with Gasteiger partial charge in [0.1, 0.15) is 0 Å². The third-order valence-electron chi connectivity index (χ3n) is 2.58. The van der Waals surface area contributed by atoms with E-state index in [-0.39, 0.29) is 6.10 Å². The third kappa shape index (κ3) is 5.20. The van der Waals surface area contributed by atoms with Crippen molar-refractivity contribution >= 4 is 5.69 Å². The van der Waals surface area contributed by atoms with Crippen molar-refractivity contribution in [1.29, 1.82) is 0 Å². The Morgan fingerprint density at radius 3 is 2.35 bits per heavy atom. The van der Waals surface area contributed by atoms with Crippen LogP contribution in [0.15, 0.2) is 24.3 Å². The maximum Gasteiger partial charge on any atom is 0.0948 e. The van der Waals surface area contributed by atoms with Gasteiger partial charge in [-0.1, -0.05) is 17.7 Å². The molecule has 0 amide bonds. The molecule has 0 aliphatic rings. The number of aliphatic hydroxyl groups is 1. The van der Waals surface area contributed by atoms with Gasteiger partial charge in [-0.2, -0.15) is 0 Å². The first kappa shape index (κ1) is 14.0. The van der Waals surface area contributed by atoms with Crippen LogP contribution in [0.1, 0.15) is 19.4 Å². The minimum atomic E-state index is -0.455. The van der Waals surface area contributed by atoms with E-state index in [1.165, 1.54) is 5.56 Å². The number of hydrogen-bond acceptors (Lipinski definition) is 3. The van der Waals surface area contributed by atoms with Crippen LogP contribution in [-0.2, 0) is 4.74 Å². The molecule has 0 heterocycles. The zero-order chi connectivity index (χ0) is 12.8. The molecule has 1 aromatic carbocycles. The molecular formula is C14H23NO2. The van der Waals surface area contributed by atoms with Crippen molar-refractivity contribution in [2.75, 3.05) is 25.1 Å². The zero-order valence-electron chi connectivity index (χ0n) is 11.2. The molecule has 0 saturated carbocycles. The van der Waals surface area contributed by atoms with Crippen LogP contribution in [0.5, 0.6) is 0 Å². The number of hydrogen-bond donors (Lipinski definition) is 1. The molecule has 96 valence electrons. The molecule has 17 heavy (non-hydrogen) atoms. The lowest BCUT2D eigenvalue weighted by atomic mass is 10.2. The van der Waals surface area contributed by atoms with E-state index >= 15 is 0 Å². The summed E-state index contributed by atoms with van der Waals surface area (Å²) < 4.78 is 5.38. The molecule has 3 heteroatoms. The van der Waals surface area contributed by atoms with Crippen LogP contribution >= 0.6 is 0 Å². The van der Waals surface area contributed by atoms with Crippen LogP contribution in [0.4, 0.5) is 5.69 Å². The molecule has 0 fully saturated rings. The zero-order valence-corrected chi connectivity index (χ0v) is 11.2. The predicted molar refractivity (Wildman–Crippen MR) is 71.5 cm³/mol. The number of nitrogens with zero attached hydrogens (tertiary/aromatic N) is 1. The molecule has 0 saturated heterocycles. The second-order valence-corrected chi connectivity index (χ2v) is 4.75. The average Bonchev–Trinajstić information content (AvgIpc) is 2.27. The largest absolute Gasteiger partial charge is 0.389 e. The first-order valence-corrected chi connectivity index (χ1v) is 6.06. The Morgan fingerprint density at radius 2 is 1.82 bits per heavy atom. The highest BCUT2D eigenvalue weighted by molar-refractivity contribution is 5.46. The van der Waals surface area contributed by atoms with Gasteiger partial charge in [-0.05, 0) is 32.9 Å². The highest BCUT2D eigenvalue weighted by Crippen LogP contribution is 2.13. The summed E-state index contributed by atoms with van der Waals surface area (Å²) in [5.74, 6) is 0. The monoisotopic (exact) mass is 237 g/mol. The molecule has 0 aromatic heterocycles. The molecular weight excluding hydrogens is 214 g/mol. The Labute approximate surface area is 104 Å². The lowest BCUT2D eigenvalue weighted by molar-refractivity contribution is 0.00927. The number of aryl methyl sites for hydroxylation is 1. The minimum absolute atomic E-state index is 0.161. The van der Waals surface area contributed by atoms with Gasteiger partial charge < -0.3 is 14.7 Å². The van der Waals surface area contributed by atoms with E-state index in [2.05, 4.69) is 31.2 Å². The van der Waals surface area contributed by atoms with Gasteiger partial charge in [0.25, 0.3) is 0 Å². The van der Waals surface area contributed by atoms with Gasteiger partial charge in [-0.3, -0.25) is 0 Å². The predicted octanol–water partition coefficient (Wildman–Crippen LogP) is 2.22. The molecule has 1 rings (SSSR count). The Hall–Kier alpha value is -1.06. The van der Waals surface area contributed by atoms with Gasteiger partial charge >= 0.3 is 0 Å². The van der Waals surface area contributed by atoms with Gasteiger partial charge in [0.05, 0.1) is 18.8 Å². The number of ether oxygens (including phenoxy) is 1. The summed E-state index contributed by atoms with van der Waals surface area (Å²) in [6, 6.07) is 8.27. The van der Waals surface area contributed by atoms with Crippen LogP contribution in [0.2, 0.25) is 0 Å². The van der Waals surface area contributed by atoms with Gasteiger partial charge in [0.2, 0.25) is 0 Å². The number of rotatable bonds is 6. The van der Waals surface area contributed by atoms with E-state index in [9.17, 15) is 5.11 Å². The summed E-state index contributed by atoms with van der Waals surface area (Å²) in [4.78, 5) is 2.04. The summed E-state index contributed by atoms with van der Waals surface area (Å²) in [7, 11) is 1.98. The van der Waals surface area contributed by atoms with Crippen molar-refractivity contribution in [1.82, 2.24) is 0 Å². The van der Waals surface area contributed by atoms with Crippen molar-refractivity contribution in [3.05, 3.63) is 29.8 Å². The van der Waals surface area contributed by atoms with Crippen molar-refractivity contribution in [3.63, 3.8) is 0 Å². The van der Waals surface area contributed by atoms with Crippen molar-refractivity contribution in [3.8, 4) is 0 Å². The fourth-order valence-electron chi connectivity index (χ4n) is 1.58. The van der Waals surface area contributed by atoms with Gasteiger partial charge in [0, 0.05) is 19.3 Å². The Bertz CT molecular complexity index is 321. The van der Waals surface area contributed by atoms with Crippen LogP contribution in [0.3, 0.4) is 0 Å². The average molecular weight is 237 g/mol. The molecule has 0 radical (unpaired) electrons. The molecule has 1 N–H and O–H groups in total. The van der Waals surface area contributed by atoms with Crippen molar-refractivity contribution in [2.24, 2.45) is 0 Å². The highest BCUT2D eigenvalue weighted by Gasteiger charge is 2.09. The summed E-state index contributed by atoms with van der Waals surface area (Å²) in [5, 5.41) is 9.82. The van der Waals surface area contributed by atoms with Crippen molar-refractivity contribution < 1.29 is 9.84 Å². The first-order chi connectivity index (χ1) is 7.99. The normalized spacial score (nSPS) is 12.8. The fraction of sp³-hybridized carbons (Fsp3) is 0.571. The fourth-order valence-corrected chi connectivity index (χ4v) is 1.58. The molecule has 0 aliphatic carbocycles. The molecule has 3 nitrogen and oxygen atoms in total. The third-order valence-corrected chi connectivity index (χ3v) is 2.58. The summed E-state index contributed by atoms with van der Waals surface area (Å²) >= 11 is 0. The van der Waals surface area contributed by atoms with E-state index in [0.717, 1.165) is 5.69 Å². The number of aliphatic hydroxyl groups excluding tert-OH is 1. The topological polar surface area (TPSA) is 32.7 Å². The highest BCUT2D eigenvalue weighted by atomic mass is 16.5. The van der Waals surface area contributed by atoms with Crippen LogP contribution in [0.25, 0.3) is 0 Å². The Kier molecular flexibility index (Phi) is 5.45. The Morgan fingerprint density at radius 1 is 1.24 bits per heavy atom. The van der Waals surface area contributed by atoms with Gasteiger partial charge in [-0.15, -0.1) is 0 Å².